The Morgan fingerprint density at radius 3 is 2.43 bits per heavy atom. The molecule has 1 aliphatic rings. The average molecular weight is 401 g/mol. The summed E-state index contributed by atoms with van der Waals surface area (Å²) in [5.41, 5.74) is 4.31. The molecule has 0 heterocycles. The van der Waals surface area contributed by atoms with E-state index in [0.717, 1.165) is 17.9 Å². The van der Waals surface area contributed by atoms with E-state index in [-0.39, 0.29) is 10.8 Å². The summed E-state index contributed by atoms with van der Waals surface area (Å²) in [6, 6.07) is 11.8. The van der Waals surface area contributed by atoms with Gasteiger partial charge in [-0.05, 0) is 60.9 Å². The molecular formula is C25H30ClFO. The van der Waals surface area contributed by atoms with Crippen molar-refractivity contribution < 1.29 is 9.13 Å². The maximum Gasteiger partial charge on any atom is 0.184 e. The highest BCUT2D eigenvalue weighted by Gasteiger charge is 2.16. The Morgan fingerprint density at radius 1 is 1.04 bits per heavy atom. The van der Waals surface area contributed by atoms with Crippen molar-refractivity contribution in [3.05, 3.63) is 58.9 Å². The zero-order valence-electron chi connectivity index (χ0n) is 16.9. The van der Waals surface area contributed by atoms with Gasteiger partial charge in [0.15, 0.2) is 11.6 Å². The zero-order valence-corrected chi connectivity index (χ0v) is 17.7. The Balaban J connectivity index is 1.70. The molecule has 150 valence electrons. The van der Waals surface area contributed by atoms with E-state index < -0.39 is 5.82 Å². The van der Waals surface area contributed by atoms with Crippen molar-refractivity contribution >= 4 is 17.2 Å². The first-order chi connectivity index (χ1) is 13.6. The van der Waals surface area contributed by atoms with Crippen LogP contribution < -0.4 is 4.74 Å². The Labute approximate surface area is 173 Å². The van der Waals surface area contributed by atoms with Gasteiger partial charge in [-0.2, -0.15) is 0 Å². The molecule has 0 radical (unpaired) electrons. The monoisotopic (exact) mass is 400 g/mol. The first-order valence-electron chi connectivity index (χ1n) is 10.5. The van der Waals surface area contributed by atoms with Crippen LogP contribution >= 0.6 is 11.6 Å². The average Bonchev–Trinajstić information content (AvgIpc) is 2.73. The summed E-state index contributed by atoms with van der Waals surface area (Å²) in [6.45, 7) is 4.50. The quantitative estimate of drug-likeness (QED) is 0.405. The van der Waals surface area contributed by atoms with Crippen LogP contribution in [0.1, 0.15) is 64.4 Å². The van der Waals surface area contributed by atoms with E-state index in [4.69, 9.17) is 16.3 Å². The molecule has 1 aliphatic carbocycles. The minimum atomic E-state index is -0.491. The standard InChI is InChI=1S/C25H30ClFO/c1-3-5-6-7-18-8-10-19(11-9-18)20-12-14-21(15-13-20)22-16-17-23(28-4-2)25(27)24(22)26/h10,12-18H,3-9,11H2,1-2H3. The minimum Gasteiger partial charge on any atom is -0.491 e. The molecule has 28 heavy (non-hydrogen) atoms. The summed E-state index contributed by atoms with van der Waals surface area (Å²) in [5, 5.41) is 0.116. The highest BCUT2D eigenvalue weighted by Crippen LogP contribution is 2.37. The van der Waals surface area contributed by atoms with Crippen molar-refractivity contribution in [3.63, 3.8) is 0 Å². The van der Waals surface area contributed by atoms with E-state index in [2.05, 4.69) is 25.1 Å². The maximum atomic E-state index is 14.4. The van der Waals surface area contributed by atoms with Gasteiger partial charge >= 0.3 is 0 Å². The van der Waals surface area contributed by atoms with Crippen LogP contribution in [0.3, 0.4) is 0 Å². The van der Waals surface area contributed by atoms with Gasteiger partial charge in [0.1, 0.15) is 0 Å². The van der Waals surface area contributed by atoms with Crippen LogP contribution in [-0.2, 0) is 0 Å². The van der Waals surface area contributed by atoms with Crippen molar-refractivity contribution in [2.24, 2.45) is 5.92 Å². The smallest absolute Gasteiger partial charge is 0.184 e. The van der Waals surface area contributed by atoms with E-state index in [9.17, 15) is 4.39 Å². The fourth-order valence-electron chi connectivity index (χ4n) is 3.98. The van der Waals surface area contributed by atoms with Gasteiger partial charge in [-0.25, -0.2) is 4.39 Å². The predicted octanol–water partition coefficient (Wildman–Crippen LogP) is 8.31. The Hall–Kier alpha value is -1.80. The molecule has 3 rings (SSSR count). The van der Waals surface area contributed by atoms with E-state index >= 15 is 0 Å². The summed E-state index contributed by atoms with van der Waals surface area (Å²) < 4.78 is 19.7. The summed E-state index contributed by atoms with van der Waals surface area (Å²) in [7, 11) is 0. The lowest BCUT2D eigenvalue weighted by Crippen LogP contribution is -2.05. The SMILES string of the molecule is CCCCCC1CC=C(c2ccc(-c3ccc(OCC)c(F)c3Cl)cc2)CC1. The number of unbranched alkanes of at least 4 members (excludes halogenated alkanes) is 2. The number of ether oxygens (including phenoxy) is 1. The maximum absolute atomic E-state index is 14.4. The van der Waals surface area contributed by atoms with Crippen molar-refractivity contribution in [1.82, 2.24) is 0 Å². The lowest BCUT2D eigenvalue weighted by molar-refractivity contribution is 0.322. The molecule has 0 saturated carbocycles. The number of allylic oxidation sites excluding steroid dienone is 2. The number of hydrogen-bond donors (Lipinski definition) is 0. The molecule has 0 spiro atoms. The molecule has 2 aromatic rings. The van der Waals surface area contributed by atoms with Gasteiger partial charge in [-0.15, -0.1) is 0 Å². The Bertz CT molecular complexity index is 810. The lowest BCUT2D eigenvalue weighted by Gasteiger charge is -2.22. The summed E-state index contributed by atoms with van der Waals surface area (Å²) in [4.78, 5) is 0. The van der Waals surface area contributed by atoms with E-state index in [0.29, 0.717) is 12.2 Å². The zero-order chi connectivity index (χ0) is 19.9. The largest absolute Gasteiger partial charge is 0.491 e. The predicted molar refractivity (Wildman–Crippen MR) is 117 cm³/mol. The fourth-order valence-corrected chi connectivity index (χ4v) is 4.25. The van der Waals surface area contributed by atoms with Gasteiger partial charge in [0.2, 0.25) is 0 Å². The van der Waals surface area contributed by atoms with Crippen LogP contribution in [0.2, 0.25) is 5.02 Å². The molecular weight excluding hydrogens is 371 g/mol. The first-order valence-corrected chi connectivity index (χ1v) is 10.9. The molecule has 0 fully saturated rings. The molecule has 3 heteroatoms. The minimum absolute atomic E-state index is 0.116. The molecule has 2 aromatic carbocycles. The summed E-state index contributed by atoms with van der Waals surface area (Å²) in [5.74, 6) is 0.558. The van der Waals surface area contributed by atoms with Crippen molar-refractivity contribution in [3.8, 4) is 16.9 Å². The van der Waals surface area contributed by atoms with Crippen LogP contribution in [0.5, 0.6) is 5.75 Å². The molecule has 0 bridgehead atoms. The van der Waals surface area contributed by atoms with Gasteiger partial charge in [0, 0.05) is 5.56 Å². The molecule has 0 amide bonds. The van der Waals surface area contributed by atoms with Gasteiger partial charge in [-0.3, -0.25) is 0 Å². The van der Waals surface area contributed by atoms with Gasteiger partial charge < -0.3 is 4.74 Å². The second-order valence-electron chi connectivity index (χ2n) is 7.62. The summed E-state index contributed by atoms with van der Waals surface area (Å²) >= 11 is 6.26. The van der Waals surface area contributed by atoms with E-state index in [1.165, 1.54) is 49.7 Å². The highest BCUT2D eigenvalue weighted by atomic mass is 35.5. The van der Waals surface area contributed by atoms with Crippen LogP contribution in [0.25, 0.3) is 16.7 Å². The molecule has 0 saturated heterocycles. The van der Waals surface area contributed by atoms with Gasteiger partial charge in [-0.1, -0.05) is 74.5 Å². The first kappa shape index (κ1) is 20.9. The lowest BCUT2D eigenvalue weighted by atomic mass is 9.83. The molecule has 1 atom stereocenters. The van der Waals surface area contributed by atoms with Crippen LogP contribution in [0, 0.1) is 11.7 Å². The Morgan fingerprint density at radius 2 is 1.79 bits per heavy atom. The van der Waals surface area contributed by atoms with Crippen LogP contribution in [0.4, 0.5) is 4.39 Å². The molecule has 1 nitrogen and oxygen atoms in total. The third-order valence-corrected chi connectivity index (χ3v) is 6.02. The third-order valence-electron chi connectivity index (χ3n) is 5.65. The fraction of sp³-hybridized carbons (Fsp3) is 0.440. The van der Waals surface area contributed by atoms with Crippen LogP contribution in [-0.4, -0.2) is 6.61 Å². The Kier molecular flexibility index (Phi) is 7.56. The second-order valence-corrected chi connectivity index (χ2v) is 7.99. The number of rotatable bonds is 8. The van der Waals surface area contributed by atoms with Crippen molar-refractivity contribution in [1.29, 1.82) is 0 Å². The molecule has 1 unspecified atom stereocenters. The highest BCUT2D eigenvalue weighted by molar-refractivity contribution is 6.33. The second kappa shape index (κ2) is 10.1. The topological polar surface area (TPSA) is 9.23 Å². The van der Waals surface area contributed by atoms with Gasteiger partial charge in [0.05, 0.1) is 11.6 Å². The van der Waals surface area contributed by atoms with Crippen molar-refractivity contribution in [2.45, 2.75) is 58.8 Å². The number of benzene rings is 2. The third kappa shape index (κ3) is 4.97. The summed E-state index contributed by atoms with van der Waals surface area (Å²) in [6.07, 6.45) is 11.4. The number of hydrogen-bond acceptors (Lipinski definition) is 1. The molecule has 0 N–H and O–H groups in total. The molecule has 0 aliphatic heterocycles. The van der Waals surface area contributed by atoms with E-state index in [1.54, 1.807) is 6.07 Å². The normalized spacial score (nSPS) is 16.7. The van der Waals surface area contributed by atoms with Crippen LogP contribution in [0.15, 0.2) is 42.5 Å². The van der Waals surface area contributed by atoms with Crippen molar-refractivity contribution in [2.75, 3.05) is 6.61 Å². The molecule has 0 aromatic heterocycles. The van der Waals surface area contributed by atoms with Gasteiger partial charge in [0.25, 0.3) is 0 Å². The number of halogens is 2. The van der Waals surface area contributed by atoms with E-state index in [1.807, 2.05) is 25.1 Å².